The van der Waals surface area contributed by atoms with Crippen LogP contribution in [0.5, 0.6) is 0 Å². The second kappa shape index (κ2) is 6.65. The monoisotopic (exact) mass is 329 g/mol. The number of nitrogens with one attached hydrogen (secondary N) is 1. The largest absolute Gasteiger partial charge is 0.416 e. The number of hydrogen-bond acceptors (Lipinski definition) is 1. The van der Waals surface area contributed by atoms with Crippen LogP contribution in [-0.4, -0.2) is 0 Å². The van der Waals surface area contributed by atoms with Crippen molar-refractivity contribution in [1.82, 2.24) is 5.32 Å². The first-order valence-electron chi connectivity index (χ1n) is 7.78. The zero-order chi connectivity index (χ0) is 17.2. The van der Waals surface area contributed by atoms with Gasteiger partial charge in [-0.1, -0.05) is 54.1 Å². The van der Waals surface area contributed by atoms with Crippen molar-refractivity contribution >= 4 is 10.8 Å². The molecule has 0 saturated heterocycles. The molecule has 4 heteroatoms. The van der Waals surface area contributed by atoms with Gasteiger partial charge >= 0.3 is 6.18 Å². The maximum atomic E-state index is 12.9. The van der Waals surface area contributed by atoms with Crippen LogP contribution in [0.25, 0.3) is 10.8 Å². The van der Waals surface area contributed by atoms with Crippen molar-refractivity contribution in [2.75, 3.05) is 0 Å². The van der Waals surface area contributed by atoms with Crippen LogP contribution in [0.3, 0.4) is 0 Å². The Balaban J connectivity index is 1.73. The van der Waals surface area contributed by atoms with E-state index in [9.17, 15) is 13.2 Å². The van der Waals surface area contributed by atoms with Crippen molar-refractivity contribution < 1.29 is 13.2 Å². The highest BCUT2D eigenvalue weighted by molar-refractivity contribution is 5.85. The van der Waals surface area contributed by atoms with Crippen LogP contribution >= 0.6 is 0 Å². The molecule has 3 aromatic carbocycles. The average Bonchev–Trinajstić information content (AvgIpc) is 2.54. The van der Waals surface area contributed by atoms with Gasteiger partial charge in [-0.3, -0.25) is 0 Å². The van der Waals surface area contributed by atoms with E-state index in [1.807, 2.05) is 24.3 Å². The molecular formula is C20H18F3N. The van der Waals surface area contributed by atoms with Crippen LogP contribution in [0.15, 0.2) is 60.7 Å². The van der Waals surface area contributed by atoms with Crippen LogP contribution in [0.2, 0.25) is 0 Å². The van der Waals surface area contributed by atoms with Gasteiger partial charge in [-0.2, -0.15) is 13.2 Å². The van der Waals surface area contributed by atoms with Gasteiger partial charge in [-0.15, -0.1) is 0 Å². The van der Waals surface area contributed by atoms with Gasteiger partial charge in [0.2, 0.25) is 0 Å². The molecule has 1 nitrogen and oxygen atoms in total. The standard InChI is InChI=1S/C20H18F3N/c1-14-9-15(11-18(10-14)20(21,22)23)12-24-13-17-7-4-6-16-5-2-3-8-19(16)17/h2-11,24H,12-13H2,1H3. The maximum Gasteiger partial charge on any atom is 0.416 e. The van der Waals surface area contributed by atoms with E-state index in [2.05, 4.69) is 23.5 Å². The highest BCUT2D eigenvalue weighted by atomic mass is 19.4. The molecule has 1 N–H and O–H groups in total. The highest BCUT2D eigenvalue weighted by Crippen LogP contribution is 2.30. The van der Waals surface area contributed by atoms with Crippen molar-refractivity contribution in [3.05, 3.63) is 82.9 Å². The molecule has 0 aliphatic rings. The predicted molar refractivity (Wildman–Crippen MR) is 90.7 cm³/mol. The Morgan fingerprint density at radius 3 is 2.42 bits per heavy atom. The molecule has 0 spiro atoms. The zero-order valence-electron chi connectivity index (χ0n) is 13.3. The van der Waals surface area contributed by atoms with E-state index in [4.69, 9.17) is 0 Å². The molecule has 0 bridgehead atoms. The molecule has 0 aromatic heterocycles. The summed E-state index contributed by atoms with van der Waals surface area (Å²) in [5, 5.41) is 5.57. The van der Waals surface area contributed by atoms with E-state index in [0.717, 1.165) is 16.3 Å². The molecule has 0 amide bonds. The molecule has 0 unspecified atom stereocenters. The molecule has 3 rings (SSSR count). The summed E-state index contributed by atoms with van der Waals surface area (Å²) in [5.41, 5.74) is 1.80. The molecule has 0 atom stereocenters. The Morgan fingerprint density at radius 1 is 0.875 bits per heavy atom. The molecule has 24 heavy (non-hydrogen) atoms. The Morgan fingerprint density at radius 2 is 1.62 bits per heavy atom. The van der Waals surface area contributed by atoms with Gasteiger partial charge in [-0.25, -0.2) is 0 Å². The molecule has 0 radical (unpaired) electrons. The summed E-state index contributed by atoms with van der Waals surface area (Å²) in [6.45, 7) is 2.69. The lowest BCUT2D eigenvalue weighted by Gasteiger charge is -2.12. The first-order chi connectivity index (χ1) is 11.4. The lowest BCUT2D eigenvalue weighted by Crippen LogP contribution is -2.14. The SMILES string of the molecule is Cc1cc(CNCc2cccc3ccccc23)cc(C(F)(F)F)c1. The van der Waals surface area contributed by atoms with Crippen LogP contribution in [0.4, 0.5) is 13.2 Å². The van der Waals surface area contributed by atoms with Gasteiger partial charge in [0.25, 0.3) is 0 Å². The fourth-order valence-electron chi connectivity index (χ4n) is 2.92. The lowest BCUT2D eigenvalue weighted by molar-refractivity contribution is -0.137. The quantitative estimate of drug-likeness (QED) is 0.670. The number of aryl methyl sites for hydroxylation is 1. The van der Waals surface area contributed by atoms with Crippen molar-refractivity contribution in [1.29, 1.82) is 0 Å². The van der Waals surface area contributed by atoms with Crippen molar-refractivity contribution in [2.45, 2.75) is 26.2 Å². The van der Waals surface area contributed by atoms with Crippen LogP contribution < -0.4 is 5.32 Å². The van der Waals surface area contributed by atoms with Gasteiger partial charge in [-0.05, 0) is 41.0 Å². The average molecular weight is 329 g/mol. The van der Waals surface area contributed by atoms with Gasteiger partial charge in [0.1, 0.15) is 0 Å². The Kier molecular flexibility index (Phi) is 4.58. The fraction of sp³-hybridized carbons (Fsp3) is 0.200. The van der Waals surface area contributed by atoms with Gasteiger partial charge in [0.05, 0.1) is 5.56 Å². The lowest BCUT2D eigenvalue weighted by atomic mass is 10.0. The molecule has 0 heterocycles. The topological polar surface area (TPSA) is 12.0 Å². The summed E-state index contributed by atoms with van der Waals surface area (Å²) >= 11 is 0. The predicted octanol–water partition coefficient (Wildman–Crippen LogP) is 5.46. The third kappa shape index (κ3) is 3.77. The van der Waals surface area contributed by atoms with Crippen LogP contribution in [0, 0.1) is 6.92 Å². The summed E-state index contributed by atoms with van der Waals surface area (Å²) in [4.78, 5) is 0. The summed E-state index contributed by atoms with van der Waals surface area (Å²) in [6, 6.07) is 18.3. The van der Waals surface area contributed by atoms with Crippen LogP contribution in [0.1, 0.15) is 22.3 Å². The third-order valence-corrected chi connectivity index (χ3v) is 3.99. The summed E-state index contributed by atoms with van der Waals surface area (Å²) in [7, 11) is 0. The molecule has 0 saturated carbocycles. The summed E-state index contributed by atoms with van der Waals surface area (Å²) < 4.78 is 38.7. The van der Waals surface area contributed by atoms with E-state index >= 15 is 0 Å². The fourth-order valence-corrected chi connectivity index (χ4v) is 2.92. The normalized spacial score (nSPS) is 11.8. The van der Waals surface area contributed by atoms with Crippen molar-refractivity contribution in [2.24, 2.45) is 0 Å². The molecule has 0 fully saturated rings. The van der Waals surface area contributed by atoms with Crippen molar-refractivity contribution in [3.8, 4) is 0 Å². The minimum atomic E-state index is -4.31. The van der Waals surface area contributed by atoms with E-state index in [1.54, 1.807) is 13.0 Å². The summed E-state index contributed by atoms with van der Waals surface area (Å²) in [6.07, 6.45) is -4.31. The Bertz CT molecular complexity index is 848. The number of halogens is 3. The number of alkyl halides is 3. The van der Waals surface area contributed by atoms with E-state index < -0.39 is 11.7 Å². The van der Waals surface area contributed by atoms with Gasteiger partial charge in [0, 0.05) is 13.1 Å². The number of hydrogen-bond donors (Lipinski definition) is 1. The molecule has 3 aromatic rings. The van der Waals surface area contributed by atoms with Gasteiger partial charge in [0.15, 0.2) is 0 Å². The van der Waals surface area contributed by atoms with Crippen LogP contribution in [-0.2, 0) is 19.3 Å². The van der Waals surface area contributed by atoms with Crippen molar-refractivity contribution in [3.63, 3.8) is 0 Å². The van der Waals surface area contributed by atoms with E-state index in [0.29, 0.717) is 24.2 Å². The number of benzene rings is 3. The molecular weight excluding hydrogens is 311 g/mol. The number of rotatable bonds is 4. The van der Waals surface area contributed by atoms with Gasteiger partial charge < -0.3 is 5.32 Å². The Labute approximate surface area is 139 Å². The van der Waals surface area contributed by atoms with E-state index in [1.165, 1.54) is 12.1 Å². The maximum absolute atomic E-state index is 12.9. The molecule has 124 valence electrons. The second-order valence-electron chi connectivity index (χ2n) is 5.95. The minimum absolute atomic E-state index is 0.397. The molecule has 0 aliphatic carbocycles. The third-order valence-electron chi connectivity index (χ3n) is 3.99. The zero-order valence-corrected chi connectivity index (χ0v) is 13.3. The first kappa shape index (κ1) is 16.5. The molecule has 0 aliphatic heterocycles. The van der Waals surface area contributed by atoms with E-state index in [-0.39, 0.29) is 0 Å². The Hall–Kier alpha value is -2.33. The first-order valence-corrected chi connectivity index (χ1v) is 7.78. The second-order valence-corrected chi connectivity index (χ2v) is 5.95. The smallest absolute Gasteiger partial charge is 0.309 e. The number of fused-ring (bicyclic) bond motifs is 1. The minimum Gasteiger partial charge on any atom is -0.309 e. The highest BCUT2D eigenvalue weighted by Gasteiger charge is 2.30. The summed E-state index contributed by atoms with van der Waals surface area (Å²) in [5.74, 6) is 0.